The average molecular weight is 486 g/mol. The summed E-state index contributed by atoms with van der Waals surface area (Å²) in [5.41, 5.74) is 15.7. The first-order valence-electron chi connectivity index (χ1n) is 11.3. The number of thiazole rings is 1. The number of Topliss-reactive ketones (excluding diaryl/α,β-unsaturated/α-hetero) is 1. The number of pyridine rings is 1. The summed E-state index contributed by atoms with van der Waals surface area (Å²) < 4.78 is 28.5. The van der Waals surface area contributed by atoms with E-state index in [1.54, 1.807) is 6.20 Å². The lowest BCUT2D eigenvalue weighted by molar-refractivity contribution is 0.0989. The fraction of sp³-hybridized carbons (Fsp3) is 0.375. The molecule has 7 nitrogen and oxygen atoms in total. The highest BCUT2D eigenvalue weighted by Gasteiger charge is 2.31. The molecule has 1 fully saturated rings. The Balaban J connectivity index is 1.48. The van der Waals surface area contributed by atoms with Crippen molar-refractivity contribution < 1.29 is 18.7 Å². The number of rotatable bonds is 5. The highest BCUT2D eigenvalue weighted by Crippen LogP contribution is 2.37. The Morgan fingerprint density at radius 3 is 2.76 bits per heavy atom. The minimum Gasteiger partial charge on any atom is -0.391 e. The summed E-state index contributed by atoms with van der Waals surface area (Å²) in [5, 5.41) is 10.2. The third-order valence-electron chi connectivity index (χ3n) is 6.54. The molecule has 1 aliphatic carbocycles. The molecule has 3 heterocycles. The minimum absolute atomic E-state index is 0.000121. The lowest BCUT2D eigenvalue weighted by Crippen LogP contribution is -2.51. The zero-order valence-electron chi connectivity index (χ0n) is 18.4. The van der Waals surface area contributed by atoms with E-state index in [0.717, 1.165) is 65.2 Å². The monoisotopic (exact) mass is 485 g/mol. The Morgan fingerprint density at radius 2 is 2.03 bits per heavy atom. The molecule has 0 unspecified atom stereocenters. The molecule has 178 valence electrons. The third-order valence-corrected chi connectivity index (χ3v) is 7.44. The first-order valence-corrected chi connectivity index (χ1v) is 12.1. The van der Waals surface area contributed by atoms with E-state index in [2.05, 4.69) is 14.9 Å². The van der Waals surface area contributed by atoms with Crippen LogP contribution in [0.3, 0.4) is 0 Å². The molecule has 5 rings (SSSR count). The fourth-order valence-corrected chi connectivity index (χ4v) is 5.73. The molecule has 2 atom stereocenters. The van der Waals surface area contributed by atoms with Crippen molar-refractivity contribution >= 4 is 27.8 Å². The molecule has 2 aliphatic rings. The van der Waals surface area contributed by atoms with Crippen LogP contribution in [0.2, 0.25) is 0 Å². The van der Waals surface area contributed by atoms with E-state index in [9.17, 15) is 18.7 Å². The number of benzene rings is 1. The summed E-state index contributed by atoms with van der Waals surface area (Å²) in [6, 6.07) is 3.17. The van der Waals surface area contributed by atoms with Gasteiger partial charge in [0.15, 0.2) is 5.78 Å². The van der Waals surface area contributed by atoms with Gasteiger partial charge in [-0.1, -0.05) is 17.4 Å². The number of aromatic nitrogens is 2. The smallest absolute Gasteiger partial charge is 0.188 e. The van der Waals surface area contributed by atoms with E-state index in [-0.39, 0.29) is 39.5 Å². The number of nitrogens with zero attached hydrogens (tertiary/aromatic N) is 3. The Bertz CT molecular complexity index is 1240. The predicted molar refractivity (Wildman–Crippen MR) is 127 cm³/mol. The van der Waals surface area contributed by atoms with Gasteiger partial charge in [-0.25, -0.2) is 13.8 Å². The largest absolute Gasteiger partial charge is 0.391 e. The van der Waals surface area contributed by atoms with E-state index in [0.29, 0.717) is 19.5 Å². The molecule has 1 saturated heterocycles. The normalized spacial score (nSPS) is 19.9. The standard InChI is InChI=1S/C24H25F2N5O2S/c25-14-4-2-5-15(26)20(14)24-30-21(23(28)34-24)19(33)9-12-10-29-17-6-1-3-13(17)22(12)31-8-7-18(32)16(27)11-31/h2,4-5,10,16,18,32H,1,3,6-9,11,27-28H2/t16-,18+/m0/s1. The van der Waals surface area contributed by atoms with Crippen molar-refractivity contribution in [1.29, 1.82) is 0 Å². The summed E-state index contributed by atoms with van der Waals surface area (Å²) in [4.78, 5) is 24.2. The molecule has 0 bridgehead atoms. The Hall–Kier alpha value is -2.95. The number of carbonyl (C=O) groups is 1. The number of hydrogen-bond donors (Lipinski definition) is 3. The number of ketones is 1. The summed E-state index contributed by atoms with van der Waals surface area (Å²) >= 11 is 0.883. The molecule has 10 heteroatoms. The summed E-state index contributed by atoms with van der Waals surface area (Å²) in [6.45, 7) is 1.11. The van der Waals surface area contributed by atoms with Crippen LogP contribution in [-0.4, -0.2) is 46.1 Å². The molecule has 0 radical (unpaired) electrons. The van der Waals surface area contributed by atoms with Crippen molar-refractivity contribution in [2.75, 3.05) is 23.7 Å². The summed E-state index contributed by atoms with van der Waals surface area (Å²) in [6.07, 6.45) is 4.45. The maximum Gasteiger partial charge on any atom is 0.188 e. The number of nitrogens with two attached hydrogens (primary N) is 2. The minimum atomic E-state index is -0.763. The molecule has 0 amide bonds. The highest BCUT2D eigenvalue weighted by atomic mass is 32.1. The number of piperidine rings is 1. The van der Waals surface area contributed by atoms with Gasteiger partial charge in [-0.05, 0) is 43.4 Å². The Kier molecular flexibility index (Phi) is 6.05. The molecule has 5 N–H and O–H groups in total. The SMILES string of the molecule is Nc1sc(-c2c(F)cccc2F)nc1C(=O)Cc1cnc2c(c1N1CC[C@@H](O)[C@@H](N)C1)CCC2. The van der Waals surface area contributed by atoms with Crippen molar-refractivity contribution in [2.45, 2.75) is 44.2 Å². The van der Waals surface area contributed by atoms with Gasteiger partial charge in [-0.2, -0.15) is 0 Å². The first-order chi connectivity index (χ1) is 16.3. The van der Waals surface area contributed by atoms with Gasteiger partial charge < -0.3 is 21.5 Å². The van der Waals surface area contributed by atoms with Gasteiger partial charge in [0.05, 0.1) is 11.7 Å². The van der Waals surface area contributed by atoms with Crippen LogP contribution < -0.4 is 16.4 Å². The molecule has 2 aromatic heterocycles. The number of nitrogen functional groups attached to an aromatic ring is 1. The molecule has 0 spiro atoms. The van der Waals surface area contributed by atoms with Crippen LogP contribution in [0, 0.1) is 11.6 Å². The van der Waals surface area contributed by atoms with Crippen LogP contribution in [-0.2, 0) is 19.3 Å². The van der Waals surface area contributed by atoms with Crippen LogP contribution >= 0.6 is 11.3 Å². The van der Waals surface area contributed by atoms with Gasteiger partial charge in [-0.3, -0.25) is 9.78 Å². The van der Waals surface area contributed by atoms with Crippen molar-refractivity contribution in [2.24, 2.45) is 5.73 Å². The van der Waals surface area contributed by atoms with Gasteiger partial charge in [0.25, 0.3) is 0 Å². The topological polar surface area (TPSA) is 118 Å². The van der Waals surface area contributed by atoms with Crippen molar-refractivity contribution in [3.8, 4) is 10.6 Å². The zero-order chi connectivity index (χ0) is 24.0. The van der Waals surface area contributed by atoms with Crippen molar-refractivity contribution in [1.82, 2.24) is 9.97 Å². The van der Waals surface area contributed by atoms with Gasteiger partial charge in [0.2, 0.25) is 0 Å². The molecule has 0 saturated carbocycles. The lowest BCUT2D eigenvalue weighted by atomic mass is 9.97. The molecular formula is C24H25F2N5O2S. The second-order valence-corrected chi connectivity index (χ2v) is 9.84. The highest BCUT2D eigenvalue weighted by molar-refractivity contribution is 7.19. The van der Waals surface area contributed by atoms with Gasteiger partial charge >= 0.3 is 0 Å². The number of anilines is 2. The molecular weight excluding hydrogens is 460 g/mol. The van der Waals surface area contributed by atoms with E-state index in [1.807, 2.05) is 0 Å². The maximum atomic E-state index is 14.2. The number of aliphatic hydroxyl groups excluding tert-OH is 1. The second kappa shape index (κ2) is 9.01. The van der Waals surface area contributed by atoms with Crippen molar-refractivity contribution in [3.05, 3.63) is 58.5 Å². The van der Waals surface area contributed by atoms with Gasteiger partial charge in [0.1, 0.15) is 27.3 Å². The number of halogens is 2. The van der Waals surface area contributed by atoms with Crippen LogP contribution in [0.5, 0.6) is 0 Å². The average Bonchev–Trinajstić information content (AvgIpc) is 3.42. The quantitative estimate of drug-likeness (QED) is 0.476. The van der Waals surface area contributed by atoms with Crippen LogP contribution in [0.1, 0.15) is 40.2 Å². The van der Waals surface area contributed by atoms with E-state index >= 15 is 0 Å². The first kappa shape index (κ1) is 22.8. The molecule has 34 heavy (non-hydrogen) atoms. The third kappa shape index (κ3) is 4.06. The zero-order valence-corrected chi connectivity index (χ0v) is 19.2. The summed E-state index contributed by atoms with van der Waals surface area (Å²) in [7, 11) is 0. The van der Waals surface area contributed by atoms with Crippen LogP contribution in [0.4, 0.5) is 19.5 Å². The van der Waals surface area contributed by atoms with Crippen molar-refractivity contribution in [3.63, 3.8) is 0 Å². The Labute approximate surface area is 199 Å². The number of aryl methyl sites for hydroxylation is 1. The Morgan fingerprint density at radius 1 is 1.26 bits per heavy atom. The van der Waals surface area contributed by atoms with E-state index in [1.165, 1.54) is 6.07 Å². The van der Waals surface area contributed by atoms with E-state index < -0.39 is 17.7 Å². The van der Waals surface area contributed by atoms with E-state index in [4.69, 9.17) is 11.5 Å². The molecule has 1 aliphatic heterocycles. The maximum absolute atomic E-state index is 14.2. The van der Waals surface area contributed by atoms with Gasteiger partial charge in [-0.15, -0.1) is 0 Å². The number of carbonyl (C=O) groups excluding carboxylic acids is 1. The number of aliphatic hydroxyl groups is 1. The van der Waals surface area contributed by atoms with Gasteiger partial charge in [0, 0.05) is 48.7 Å². The number of hydrogen-bond acceptors (Lipinski definition) is 8. The second-order valence-electron chi connectivity index (χ2n) is 8.81. The van der Waals surface area contributed by atoms with Crippen LogP contribution in [0.25, 0.3) is 10.6 Å². The summed E-state index contributed by atoms with van der Waals surface area (Å²) in [5.74, 6) is -1.87. The predicted octanol–water partition coefficient (Wildman–Crippen LogP) is 2.88. The fourth-order valence-electron chi connectivity index (χ4n) is 4.83. The molecule has 3 aromatic rings. The lowest BCUT2D eigenvalue weighted by Gasteiger charge is -2.37. The molecule has 1 aromatic carbocycles. The van der Waals surface area contributed by atoms with Crippen LogP contribution in [0.15, 0.2) is 24.4 Å². The number of fused-ring (bicyclic) bond motifs is 1.